The highest BCUT2D eigenvalue weighted by Gasteiger charge is 2.69. The Morgan fingerprint density at radius 1 is 1.04 bits per heavy atom. The predicted octanol–water partition coefficient (Wildman–Crippen LogP) is 2.01. The topological polar surface area (TPSA) is 72.2 Å². The summed E-state index contributed by atoms with van der Waals surface area (Å²) in [5.74, 6) is -1.35. The fraction of sp³-hybridized carbons (Fsp3) is 0.941. The van der Waals surface area contributed by atoms with Crippen LogP contribution in [0.4, 0.5) is 0 Å². The van der Waals surface area contributed by atoms with Crippen LogP contribution in [0.5, 0.6) is 0 Å². The van der Waals surface area contributed by atoms with E-state index in [1.165, 1.54) is 0 Å². The van der Waals surface area contributed by atoms with E-state index in [0.29, 0.717) is 6.61 Å². The Morgan fingerprint density at radius 3 is 2.25 bits per heavy atom. The number of fused-ring (bicyclic) bond motifs is 1. The number of ether oxygens (including phenoxy) is 5. The van der Waals surface area contributed by atoms with Gasteiger partial charge in [0.25, 0.3) is 6.23 Å². The summed E-state index contributed by atoms with van der Waals surface area (Å²) in [7, 11) is 0. The van der Waals surface area contributed by atoms with E-state index >= 15 is 0 Å². The van der Waals surface area contributed by atoms with Gasteiger partial charge in [-0.2, -0.15) is 4.74 Å². The van der Waals surface area contributed by atoms with E-state index in [4.69, 9.17) is 23.7 Å². The molecule has 0 N–H and O–H groups in total. The van der Waals surface area contributed by atoms with Gasteiger partial charge in [-0.1, -0.05) is 13.8 Å². The van der Waals surface area contributed by atoms with Crippen molar-refractivity contribution in [3.63, 3.8) is 0 Å². The maximum absolute atomic E-state index is 12.6. The van der Waals surface area contributed by atoms with Crippen LogP contribution < -0.4 is 0 Å². The van der Waals surface area contributed by atoms with E-state index in [1.807, 2.05) is 48.5 Å². The Morgan fingerprint density at radius 2 is 1.71 bits per heavy atom. The summed E-state index contributed by atoms with van der Waals surface area (Å²) in [6, 6.07) is 0. The highest BCUT2D eigenvalue weighted by Crippen LogP contribution is 2.49. The van der Waals surface area contributed by atoms with E-state index < -0.39 is 35.6 Å². The summed E-state index contributed by atoms with van der Waals surface area (Å²) >= 11 is 0. The van der Waals surface area contributed by atoms with E-state index in [0.717, 1.165) is 4.74 Å². The summed E-state index contributed by atoms with van der Waals surface area (Å²) in [5.41, 5.74) is -0.782. The van der Waals surface area contributed by atoms with Crippen molar-refractivity contribution in [3.8, 4) is 0 Å². The van der Waals surface area contributed by atoms with Crippen molar-refractivity contribution in [3.05, 3.63) is 5.21 Å². The van der Waals surface area contributed by atoms with Crippen LogP contribution in [0.2, 0.25) is 0 Å². The molecule has 3 aliphatic heterocycles. The molecule has 0 spiro atoms. The van der Waals surface area contributed by atoms with E-state index in [-0.39, 0.29) is 12.0 Å². The first-order valence-electron chi connectivity index (χ1n) is 8.59. The Hall–Kier alpha value is -0.730. The molecule has 0 radical (unpaired) electrons. The zero-order valence-corrected chi connectivity index (χ0v) is 15.6. The first-order valence-corrected chi connectivity index (χ1v) is 8.59. The summed E-state index contributed by atoms with van der Waals surface area (Å²) < 4.78 is 30.8. The molecule has 0 bridgehead atoms. The molecule has 0 saturated carbocycles. The van der Waals surface area contributed by atoms with Crippen molar-refractivity contribution in [1.82, 2.24) is 0 Å². The maximum Gasteiger partial charge on any atom is 0.297 e. The van der Waals surface area contributed by atoms with Crippen LogP contribution in [-0.2, 0) is 23.7 Å². The molecule has 0 amide bonds. The fourth-order valence-corrected chi connectivity index (χ4v) is 3.85. The van der Waals surface area contributed by atoms with Gasteiger partial charge in [-0.25, -0.2) is 0 Å². The van der Waals surface area contributed by atoms with Gasteiger partial charge < -0.3 is 28.9 Å². The van der Waals surface area contributed by atoms with Gasteiger partial charge in [-0.15, -0.1) is 0 Å². The Labute approximate surface area is 143 Å². The molecule has 0 unspecified atom stereocenters. The van der Waals surface area contributed by atoms with Crippen LogP contribution >= 0.6 is 0 Å². The minimum Gasteiger partial charge on any atom is -0.622 e. The molecule has 0 aromatic heterocycles. The van der Waals surface area contributed by atoms with Crippen LogP contribution in [0.3, 0.4) is 0 Å². The Kier molecular flexibility index (Phi) is 4.25. The molecule has 0 aromatic carbocycles. The Balaban J connectivity index is 1.90. The molecule has 24 heavy (non-hydrogen) atoms. The van der Waals surface area contributed by atoms with Gasteiger partial charge in [0.05, 0.1) is 6.61 Å². The molecular formula is C17H29NO6. The largest absolute Gasteiger partial charge is 0.622 e. The summed E-state index contributed by atoms with van der Waals surface area (Å²) in [5, 5.41) is 12.6. The number of hydroxylamine groups is 1. The van der Waals surface area contributed by atoms with Crippen LogP contribution in [0.1, 0.15) is 48.5 Å². The number of rotatable bonds is 3. The maximum atomic E-state index is 12.6. The lowest BCUT2D eigenvalue weighted by Crippen LogP contribution is -2.50. The number of hydrogen-bond donors (Lipinski definition) is 0. The second-order valence-electron chi connectivity index (χ2n) is 8.29. The molecule has 7 nitrogen and oxygen atoms in total. The van der Waals surface area contributed by atoms with Crippen LogP contribution in [-0.4, -0.2) is 59.3 Å². The minimum atomic E-state index is -0.784. The summed E-state index contributed by atoms with van der Waals surface area (Å²) in [6.07, 6.45) is -0.442. The molecule has 5 atom stereocenters. The van der Waals surface area contributed by atoms with Gasteiger partial charge in [0.2, 0.25) is 0 Å². The van der Waals surface area contributed by atoms with Gasteiger partial charge >= 0.3 is 0 Å². The third-order valence-electron chi connectivity index (χ3n) is 4.62. The molecule has 3 rings (SSSR count). The smallest absolute Gasteiger partial charge is 0.297 e. The highest BCUT2D eigenvalue weighted by molar-refractivity contribution is 5.53. The van der Waals surface area contributed by atoms with Gasteiger partial charge in [-0.05, 0) is 34.6 Å². The summed E-state index contributed by atoms with van der Waals surface area (Å²) in [4.78, 5) is 0. The average Bonchev–Trinajstić information content (AvgIpc) is 2.94. The molecule has 3 heterocycles. The van der Waals surface area contributed by atoms with Crippen LogP contribution in [0.15, 0.2) is 0 Å². The zero-order valence-electron chi connectivity index (χ0n) is 15.6. The SMILES string of the molecule is CC(C)/C=[N+](\[O-])[C@H]1O[C@H]([C@H]2COC(C)(C)O2)[C@]2(C)OC(C)(C)O[C@H]12. The van der Waals surface area contributed by atoms with E-state index in [1.54, 1.807) is 6.21 Å². The van der Waals surface area contributed by atoms with Gasteiger partial charge in [0.15, 0.2) is 23.9 Å². The molecule has 138 valence electrons. The number of nitrogens with zero attached hydrogens (tertiary/aromatic N) is 1. The number of hydrogen-bond acceptors (Lipinski definition) is 6. The predicted molar refractivity (Wildman–Crippen MR) is 86.5 cm³/mol. The van der Waals surface area contributed by atoms with Crippen molar-refractivity contribution in [2.24, 2.45) is 5.92 Å². The van der Waals surface area contributed by atoms with Gasteiger partial charge in [0.1, 0.15) is 17.8 Å². The fourth-order valence-electron chi connectivity index (χ4n) is 3.85. The molecule has 3 fully saturated rings. The van der Waals surface area contributed by atoms with Crippen molar-refractivity contribution in [1.29, 1.82) is 0 Å². The first kappa shape index (κ1) is 18.1. The molecule has 0 aromatic rings. The average molecular weight is 343 g/mol. The van der Waals surface area contributed by atoms with E-state index in [2.05, 4.69) is 0 Å². The zero-order chi connectivity index (χ0) is 17.9. The van der Waals surface area contributed by atoms with Crippen molar-refractivity contribution in [2.45, 2.75) is 90.2 Å². The third-order valence-corrected chi connectivity index (χ3v) is 4.62. The van der Waals surface area contributed by atoms with Crippen molar-refractivity contribution >= 4 is 6.21 Å². The quantitative estimate of drug-likeness (QED) is 0.338. The molecule has 7 heteroatoms. The second-order valence-corrected chi connectivity index (χ2v) is 8.29. The van der Waals surface area contributed by atoms with Crippen LogP contribution in [0.25, 0.3) is 0 Å². The molecule has 0 aliphatic carbocycles. The van der Waals surface area contributed by atoms with Gasteiger partial charge in [0, 0.05) is 5.92 Å². The van der Waals surface area contributed by atoms with Crippen LogP contribution in [0, 0.1) is 11.1 Å². The highest BCUT2D eigenvalue weighted by atomic mass is 16.8. The van der Waals surface area contributed by atoms with Crippen molar-refractivity contribution < 1.29 is 28.4 Å². The standard InChI is InChI=1S/C17H29NO6/c1-10(2)8-18(19)14-13-17(7,24-16(5,6)23-13)12(21-14)11-9-20-15(3,4)22-11/h8,10-14H,9H2,1-7H3/b18-8-/t11-,12-,13-,14+,17+/m1/s1. The molecular weight excluding hydrogens is 314 g/mol. The lowest BCUT2D eigenvalue weighted by molar-refractivity contribution is -0.564. The van der Waals surface area contributed by atoms with Gasteiger partial charge in [-0.3, -0.25) is 0 Å². The first-order chi connectivity index (χ1) is 10.9. The third kappa shape index (κ3) is 3.08. The van der Waals surface area contributed by atoms with E-state index in [9.17, 15) is 5.21 Å². The Bertz CT molecular complexity index is 531. The lowest BCUT2D eigenvalue weighted by atomic mass is 9.91. The lowest BCUT2D eigenvalue weighted by Gasteiger charge is -2.32. The summed E-state index contributed by atoms with van der Waals surface area (Å²) in [6.45, 7) is 13.6. The molecule has 3 aliphatic rings. The monoisotopic (exact) mass is 343 g/mol. The second kappa shape index (κ2) is 5.64. The molecule has 3 saturated heterocycles. The normalized spacial score (nSPS) is 44.2. The van der Waals surface area contributed by atoms with Crippen molar-refractivity contribution in [2.75, 3.05) is 6.61 Å². The minimum absolute atomic E-state index is 0.108.